The van der Waals surface area contributed by atoms with Crippen LogP contribution >= 0.6 is 0 Å². The summed E-state index contributed by atoms with van der Waals surface area (Å²) in [6.07, 6.45) is 1.69. The van der Waals surface area contributed by atoms with Crippen LogP contribution in [0.25, 0.3) is 10.9 Å². The second-order valence-electron chi connectivity index (χ2n) is 8.26. The molecule has 2 N–H and O–H groups in total. The van der Waals surface area contributed by atoms with Gasteiger partial charge < -0.3 is 10.1 Å². The van der Waals surface area contributed by atoms with E-state index in [1.165, 1.54) is 16.5 Å². The molecule has 0 aliphatic heterocycles. The Morgan fingerprint density at radius 3 is 2.63 bits per heavy atom. The van der Waals surface area contributed by atoms with Gasteiger partial charge in [0.15, 0.2) is 5.78 Å². The normalized spacial score (nSPS) is 17.8. The van der Waals surface area contributed by atoms with Gasteiger partial charge >= 0.3 is 0 Å². The van der Waals surface area contributed by atoms with Crippen molar-refractivity contribution in [2.24, 2.45) is 4.99 Å². The molecule has 1 heterocycles. The Balaban J connectivity index is 1.51. The predicted octanol–water partition coefficient (Wildman–Crippen LogP) is 5.75. The van der Waals surface area contributed by atoms with Crippen molar-refractivity contribution in [2.45, 2.75) is 46.0 Å². The van der Waals surface area contributed by atoms with Crippen LogP contribution in [0.1, 0.15) is 48.1 Å². The first-order chi connectivity index (χ1) is 14.4. The lowest BCUT2D eigenvalue weighted by Crippen LogP contribution is -2.22. The number of rotatable bonds is 5. The zero-order valence-electron chi connectivity index (χ0n) is 17.8. The number of allylic oxidation sites excluding steroid dienone is 2. The molecule has 4 heteroatoms. The number of aliphatic hydroxyl groups excluding tert-OH is 1. The van der Waals surface area contributed by atoms with Gasteiger partial charge in [0, 0.05) is 41.7 Å². The molecular formula is C26H28N2O2. The molecule has 1 aliphatic carbocycles. The van der Waals surface area contributed by atoms with Crippen molar-refractivity contribution in [1.29, 1.82) is 0 Å². The highest BCUT2D eigenvalue weighted by atomic mass is 16.3. The van der Waals surface area contributed by atoms with E-state index in [1.807, 2.05) is 37.3 Å². The number of fused-ring (bicyclic) bond motifs is 1. The van der Waals surface area contributed by atoms with Gasteiger partial charge in [0.25, 0.3) is 0 Å². The van der Waals surface area contributed by atoms with E-state index in [0.717, 1.165) is 23.2 Å². The molecule has 0 saturated heterocycles. The fourth-order valence-electron chi connectivity index (χ4n) is 4.50. The van der Waals surface area contributed by atoms with E-state index >= 15 is 0 Å². The van der Waals surface area contributed by atoms with Crippen LogP contribution in [0.4, 0.5) is 0 Å². The molecule has 1 atom stereocenters. The summed E-state index contributed by atoms with van der Waals surface area (Å²) in [5, 5.41) is 11.9. The summed E-state index contributed by atoms with van der Waals surface area (Å²) in [7, 11) is 0. The molecule has 4 rings (SSSR count). The Morgan fingerprint density at radius 1 is 1.13 bits per heavy atom. The fourth-order valence-corrected chi connectivity index (χ4v) is 4.50. The van der Waals surface area contributed by atoms with Crippen LogP contribution in [0.5, 0.6) is 0 Å². The lowest BCUT2D eigenvalue weighted by atomic mass is 9.81. The third-order valence-corrected chi connectivity index (χ3v) is 6.06. The number of H-pyrrole nitrogens is 1. The van der Waals surface area contributed by atoms with E-state index in [4.69, 9.17) is 0 Å². The fraction of sp³-hybridized carbons (Fsp3) is 0.308. The average Bonchev–Trinajstić information content (AvgIpc) is 3.03. The zero-order valence-corrected chi connectivity index (χ0v) is 17.8. The smallest absolute Gasteiger partial charge is 0.168 e. The number of carbonyl (C=O) groups is 1. The van der Waals surface area contributed by atoms with Crippen molar-refractivity contribution in [2.75, 3.05) is 6.54 Å². The van der Waals surface area contributed by atoms with Gasteiger partial charge in [0.1, 0.15) is 5.76 Å². The van der Waals surface area contributed by atoms with Crippen molar-refractivity contribution < 1.29 is 9.90 Å². The first kappa shape index (κ1) is 20.1. The quantitative estimate of drug-likeness (QED) is 0.536. The van der Waals surface area contributed by atoms with Crippen molar-refractivity contribution in [3.63, 3.8) is 0 Å². The van der Waals surface area contributed by atoms with E-state index in [0.29, 0.717) is 30.7 Å². The number of aryl methyl sites for hydroxylation is 2. The Hall–Kier alpha value is -3.14. The van der Waals surface area contributed by atoms with Crippen LogP contribution in [-0.2, 0) is 11.2 Å². The molecule has 0 radical (unpaired) electrons. The molecule has 0 fully saturated rings. The van der Waals surface area contributed by atoms with Gasteiger partial charge in [-0.15, -0.1) is 0 Å². The number of aliphatic imine (C=N–C) groups is 1. The van der Waals surface area contributed by atoms with Crippen LogP contribution < -0.4 is 0 Å². The highest BCUT2D eigenvalue weighted by Crippen LogP contribution is 2.34. The van der Waals surface area contributed by atoms with Crippen LogP contribution in [0.3, 0.4) is 0 Å². The summed E-state index contributed by atoms with van der Waals surface area (Å²) in [6, 6.07) is 16.4. The molecule has 1 unspecified atom stereocenters. The molecule has 0 amide bonds. The maximum atomic E-state index is 12.8. The summed E-state index contributed by atoms with van der Waals surface area (Å²) in [6.45, 7) is 6.60. The van der Waals surface area contributed by atoms with Gasteiger partial charge in [0.2, 0.25) is 0 Å². The summed E-state index contributed by atoms with van der Waals surface area (Å²) >= 11 is 0. The Labute approximate surface area is 177 Å². The predicted molar refractivity (Wildman–Crippen MR) is 123 cm³/mol. The minimum Gasteiger partial charge on any atom is -0.511 e. The Bertz CT molecular complexity index is 1150. The maximum Gasteiger partial charge on any atom is 0.168 e. The van der Waals surface area contributed by atoms with E-state index in [-0.39, 0.29) is 17.5 Å². The maximum absolute atomic E-state index is 12.8. The number of Topliss-reactive ketones (excluding diaryl/α,β-unsaturated/α-hetero) is 1. The number of aliphatic hydroxyl groups is 1. The summed E-state index contributed by atoms with van der Waals surface area (Å²) in [5.41, 5.74) is 6.94. The van der Waals surface area contributed by atoms with E-state index < -0.39 is 0 Å². The minimum absolute atomic E-state index is 0.0206. The molecular weight excluding hydrogens is 372 g/mol. The van der Waals surface area contributed by atoms with Crippen LogP contribution in [0, 0.1) is 13.8 Å². The second kappa shape index (κ2) is 8.31. The van der Waals surface area contributed by atoms with E-state index in [9.17, 15) is 9.90 Å². The highest BCUT2D eigenvalue weighted by Gasteiger charge is 2.29. The highest BCUT2D eigenvalue weighted by molar-refractivity contribution is 6.22. The molecule has 2 aromatic carbocycles. The number of nitrogens with zero attached hydrogens (tertiary/aromatic N) is 1. The molecule has 154 valence electrons. The van der Waals surface area contributed by atoms with Crippen LogP contribution in [0.2, 0.25) is 0 Å². The Kier molecular flexibility index (Phi) is 5.58. The van der Waals surface area contributed by atoms with Gasteiger partial charge in [-0.25, -0.2) is 0 Å². The molecule has 1 aromatic heterocycles. The average molecular weight is 401 g/mol. The van der Waals surface area contributed by atoms with Crippen molar-refractivity contribution in [3.05, 3.63) is 82.2 Å². The number of hydrogen-bond acceptors (Lipinski definition) is 3. The Morgan fingerprint density at radius 2 is 1.90 bits per heavy atom. The number of hydrogen-bond donors (Lipinski definition) is 2. The lowest BCUT2D eigenvalue weighted by Gasteiger charge is -2.23. The first-order valence-corrected chi connectivity index (χ1v) is 10.5. The third kappa shape index (κ3) is 3.95. The molecule has 0 spiro atoms. The number of benzene rings is 2. The van der Waals surface area contributed by atoms with Gasteiger partial charge in [-0.2, -0.15) is 0 Å². The van der Waals surface area contributed by atoms with Crippen molar-refractivity contribution in [3.8, 4) is 0 Å². The number of nitrogens with one attached hydrogen (secondary N) is 1. The number of aromatic nitrogens is 1. The lowest BCUT2D eigenvalue weighted by molar-refractivity contribution is -0.116. The van der Waals surface area contributed by atoms with Gasteiger partial charge in [0.05, 0.1) is 5.57 Å². The largest absolute Gasteiger partial charge is 0.511 e. The van der Waals surface area contributed by atoms with E-state index in [1.54, 1.807) is 0 Å². The van der Waals surface area contributed by atoms with Gasteiger partial charge in [-0.3, -0.25) is 9.79 Å². The van der Waals surface area contributed by atoms with Crippen LogP contribution in [0.15, 0.2) is 64.9 Å². The summed E-state index contributed by atoms with van der Waals surface area (Å²) < 4.78 is 0. The van der Waals surface area contributed by atoms with Gasteiger partial charge in [-0.1, -0.05) is 42.0 Å². The minimum atomic E-state index is -0.0206. The molecule has 30 heavy (non-hydrogen) atoms. The van der Waals surface area contributed by atoms with Crippen molar-refractivity contribution in [1.82, 2.24) is 4.98 Å². The molecule has 0 saturated carbocycles. The number of ketones is 1. The second-order valence-corrected chi connectivity index (χ2v) is 8.26. The molecule has 4 nitrogen and oxygen atoms in total. The molecule has 0 bridgehead atoms. The number of carbonyl (C=O) groups excluding carboxylic acids is 1. The molecule has 3 aromatic rings. The van der Waals surface area contributed by atoms with Gasteiger partial charge in [-0.05, 0) is 56.4 Å². The third-order valence-electron chi connectivity index (χ3n) is 6.06. The van der Waals surface area contributed by atoms with E-state index in [2.05, 4.69) is 42.0 Å². The molecule has 1 aliphatic rings. The summed E-state index contributed by atoms with van der Waals surface area (Å²) in [4.78, 5) is 20.9. The first-order valence-electron chi connectivity index (χ1n) is 10.5. The summed E-state index contributed by atoms with van der Waals surface area (Å²) in [5.74, 6) is 0.181. The monoisotopic (exact) mass is 400 g/mol. The topological polar surface area (TPSA) is 65.4 Å². The SMILES string of the molecule is CC(=NCCc1c(C)[nH]c2ccc(C)cc12)C1=C(O)CC(c2ccccc2)CC1=O. The number of aromatic amines is 1. The zero-order chi connectivity index (χ0) is 21.3. The van der Waals surface area contributed by atoms with Crippen molar-refractivity contribution >= 4 is 22.4 Å². The van der Waals surface area contributed by atoms with Crippen LogP contribution in [-0.4, -0.2) is 28.1 Å². The standard InChI is InChI=1S/C26H28N2O2/c1-16-9-10-23-22(13-16)21(17(2)28-23)11-12-27-18(3)26-24(29)14-20(15-25(26)30)19-7-5-4-6-8-19/h4-10,13,20,28-29H,11-12,14-15H2,1-3H3.